The van der Waals surface area contributed by atoms with Crippen molar-refractivity contribution in [2.24, 2.45) is 0 Å². The fourth-order valence-electron chi connectivity index (χ4n) is 1.21. The molecule has 0 amide bonds. The molecule has 1 N–H and O–H groups in total. The van der Waals surface area contributed by atoms with Gasteiger partial charge in [0.05, 0.1) is 16.9 Å². The second-order valence-corrected chi connectivity index (χ2v) is 3.51. The van der Waals surface area contributed by atoms with Crippen molar-refractivity contribution in [1.29, 1.82) is 0 Å². The number of benzene rings is 1. The lowest BCUT2D eigenvalue weighted by Crippen LogP contribution is -2.07. The molecular formula is C10H10ClNO4. The Morgan fingerprint density at radius 1 is 1.44 bits per heavy atom. The Morgan fingerprint density at radius 3 is 2.44 bits per heavy atom. The van der Waals surface area contributed by atoms with Crippen LogP contribution >= 0.6 is 11.6 Å². The van der Waals surface area contributed by atoms with Crippen molar-refractivity contribution < 1.29 is 14.8 Å². The molecule has 86 valence electrons. The lowest BCUT2D eigenvalue weighted by atomic mass is 10.0. The first-order valence-corrected chi connectivity index (χ1v) is 5.08. The Bertz CT molecular complexity index is 390. The van der Waals surface area contributed by atoms with E-state index in [0.29, 0.717) is 5.56 Å². The molecular weight excluding hydrogens is 234 g/mol. The van der Waals surface area contributed by atoms with Gasteiger partial charge in [-0.1, -0.05) is 0 Å². The number of carbonyl (C=O) groups is 1. The number of halogens is 1. The molecule has 5 nitrogen and oxygen atoms in total. The Kier molecular flexibility index (Phi) is 4.39. The summed E-state index contributed by atoms with van der Waals surface area (Å²) in [5.41, 5.74) is 0.406. The van der Waals surface area contributed by atoms with E-state index in [4.69, 9.17) is 11.6 Å². The zero-order valence-electron chi connectivity index (χ0n) is 8.30. The Hall–Kier alpha value is -1.46. The van der Waals surface area contributed by atoms with Gasteiger partial charge >= 0.3 is 0 Å². The fourth-order valence-corrected chi connectivity index (χ4v) is 1.32. The van der Waals surface area contributed by atoms with Crippen LogP contribution in [0, 0.1) is 10.1 Å². The molecule has 0 saturated heterocycles. The highest BCUT2D eigenvalue weighted by Gasteiger charge is 2.13. The lowest BCUT2D eigenvalue weighted by molar-refractivity contribution is -0.384. The Balaban J connectivity index is 2.73. The van der Waals surface area contributed by atoms with Crippen LogP contribution in [-0.2, 0) is 4.79 Å². The third kappa shape index (κ3) is 3.29. The van der Waals surface area contributed by atoms with Gasteiger partial charge in [-0.15, -0.1) is 11.6 Å². The summed E-state index contributed by atoms with van der Waals surface area (Å²) in [5.74, 6) is -0.420. The van der Waals surface area contributed by atoms with Crippen LogP contribution in [-0.4, -0.2) is 21.7 Å². The van der Waals surface area contributed by atoms with Gasteiger partial charge in [0.15, 0.2) is 5.78 Å². The number of carbonyl (C=O) groups excluding carboxylic acids is 1. The van der Waals surface area contributed by atoms with Gasteiger partial charge < -0.3 is 5.11 Å². The van der Waals surface area contributed by atoms with Crippen LogP contribution in [0.25, 0.3) is 0 Å². The molecule has 1 atom stereocenters. The molecule has 0 heterocycles. The number of aliphatic hydroxyl groups excluding tert-OH is 1. The van der Waals surface area contributed by atoms with E-state index in [-0.39, 0.29) is 23.8 Å². The van der Waals surface area contributed by atoms with Crippen molar-refractivity contribution in [3.05, 3.63) is 39.9 Å². The van der Waals surface area contributed by atoms with E-state index in [1.54, 1.807) is 0 Å². The SMILES string of the molecule is O=C(CCl)CC(O)c1ccc([N+](=O)[O-])cc1. The standard InChI is InChI=1S/C10H10ClNO4/c11-6-9(13)5-10(14)7-1-3-8(4-2-7)12(15)16/h1-4,10,14H,5-6H2. The van der Waals surface area contributed by atoms with E-state index in [2.05, 4.69) is 0 Å². The Labute approximate surface area is 96.8 Å². The summed E-state index contributed by atoms with van der Waals surface area (Å²) < 4.78 is 0. The van der Waals surface area contributed by atoms with Crippen LogP contribution in [0.1, 0.15) is 18.1 Å². The van der Waals surface area contributed by atoms with E-state index in [9.17, 15) is 20.0 Å². The number of non-ortho nitro benzene ring substituents is 1. The van der Waals surface area contributed by atoms with Gasteiger partial charge in [-0.05, 0) is 17.7 Å². The third-order valence-electron chi connectivity index (χ3n) is 2.06. The molecule has 0 radical (unpaired) electrons. The number of hydrogen-bond acceptors (Lipinski definition) is 4. The maximum atomic E-state index is 11.0. The number of alkyl halides is 1. The molecule has 0 spiro atoms. The van der Waals surface area contributed by atoms with Crippen molar-refractivity contribution in [2.75, 3.05) is 5.88 Å². The summed E-state index contributed by atoms with van der Waals surface area (Å²) in [5, 5.41) is 20.0. The van der Waals surface area contributed by atoms with Crippen molar-refractivity contribution >= 4 is 23.1 Å². The van der Waals surface area contributed by atoms with Gasteiger partial charge in [-0.2, -0.15) is 0 Å². The zero-order chi connectivity index (χ0) is 12.1. The van der Waals surface area contributed by atoms with Gasteiger partial charge in [0.1, 0.15) is 0 Å². The summed E-state index contributed by atoms with van der Waals surface area (Å²) in [6.45, 7) is 0. The first-order chi connectivity index (χ1) is 7.54. The summed E-state index contributed by atoms with van der Waals surface area (Å²) in [4.78, 5) is 20.8. The monoisotopic (exact) mass is 243 g/mol. The minimum Gasteiger partial charge on any atom is -0.388 e. The largest absolute Gasteiger partial charge is 0.388 e. The summed E-state index contributed by atoms with van der Waals surface area (Å²) >= 11 is 5.30. The van der Waals surface area contributed by atoms with Crippen LogP contribution < -0.4 is 0 Å². The van der Waals surface area contributed by atoms with E-state index < -0.39 is 11.0 Å². The minimum absolute atomic E-state index is 0.0559. The third-order valence-corrected chi connectivity index (χ3v) is 2.36. The van der Waals surface area contributed by atoms with Gasteiger partial charge in [-0.25, -0.2) is 0 Å². The van der Waals surface area contributed by atoms with Gasteiger partial charge in [0, 0.05) is 18.6 Å². The Morgan fingerprint density at radius 2 is 2.00 bits per heavy atom. The number of ketones is 1. The molecule has 0 aliphatic rings. The number of Topliss-reactive ketones (excluding diaryl/α,β-unsaturated/α-hetero) is 1. The second kappa shape index (κ2) is 5.58. The maximum absolute atomic E-state index is 11.0. The average molecular weight is 244 g/mol. The number of nitro groups is 1. The first kappa shape index (κ1) is 12.6. The molecule has 0 aliphatic carbocycles. The predicted molar refractivity (Wildman–Crippen MR) is 58.4 cm³/mol. The van der Waals surface area contributed by atoms with Gasteiger partial charge in [0.25, 0.3) is 5.69 Å². The highest BCUT2D eigenvalue weighted by atomic mass is 35.5. The van der Waals surface area contributed by atoms with Crippen LogP contribution in [0.2, 0.25) is 0 Å². The van der Waals surface area contributed by atoms with E-state index >= 15 is 0 Å². The molecule has 0 fully saturated rings. The quantitative estimate of drug-likeness (QED) is 0.486. The molecule has 1 rings (SSSR count). The highest BCUT2D eigenvalue weighted by molar-refractivity contribution is 6.27. The molecule has 16 heavy (non-hydrogen) atoms. The number of aliphatic hydroxyl groups is 1. The van der Waals surface area contributed by atoms with Crippen molar-refractivity contribution in [3.63, 3.8) is 0 Å². The number of hydrogen-bond donors (Lipinski definition) is 1. The lowest BCUT2D eigenvalue weighted by Gasteiger charge is -2.08. The fraction of sp³-hybridized carbons (Fsp3) is 0.300. The molecule has 1 aromatic rings. The first-order valence-electron chi connectivity index (χ1n) is 4.54. The van der Waals surface area contributed by atoms with Crippen LogP contribution in [0.4, 0.5) is 5.69 Å². The number of nitrogens with zero attached hydrogens (tertiary/aromatic N) is 1. The van der Waals surface area contributed by atoms with Crippen molar-refractivity contribution in [2.45, 2.75) is 12.5 Å². The van der Waals surface area contributed by atoms with E-state index in [1.165, 1.54) is 24.3 Å². The molecule has 0 saturated carbocycles. The smallest absolute Gasteiger partial charge is 0.269 e. The average Bonchev–Trinajstić information content (AvgIpc) is 2.28. The zero-order valence-corrected chi connectivity index (χ0v) is 9.05. The summed E-state index contributed by atoms with van der Waals surface area (Å²) in [7, 11) is 0. The van der Waals surface area contributed by atoms with E-state index in [1.807, 2.05) is 0 Å². The predicted octanol–water partition coefficient (Wildman–Crippen LogP) is 1.83. The van der Waals surface area contributed by atoms with Crippen molar-refractivity contribution in [1.82, 2.24) is 0 Å². The topological polar surface area (TPSA) is 80.4 Å². The highest BCUT2D eigenvalue weighted by Crippen LogP contribution is 2.20. The van der Waals surface area contributed by atoms with Crippen LogP contribution in [0.5, 0.6) is 0 Å². The molecule has 0 aliphatic heterocycles. The molecule has 1 unspecified atom stereocenters. The van der Waals surface area contributed by atoms with Crippen LogP contribution in [0.3, 0.4) is 0 Å². The minimum atomic E-state index is -0.966. The van der Waals surface area contributed by atoms with Crippen LogP contribution in [0.15, 0.2) is 24.3 Å². The molecule has 1 aromatic carbocycles. The van der Waals surface area contributed by atoms with E-state index in [0.717, 1.165) is 0 Å². The summed E-state index contributed by atoms with van der Waals surface area (Å²) in [6.07, 6.45) is -1.05. The number of rotatable bonds is 5. The van der Waals surface area contributed by atoms with Crippen molar-refractivity contribution in [3.8, 4) is 0 Å². The maximum Gasteiger partial charge on any atom is 0.269 e. The molecule has 6 heteroatoms. The molecule has 0 bridgehead atoms. The molecule has 0 aromatic heterocycles. The normalized spacial score (nSPS) is 12.1. The number of nitro benzene ring substituents is 1. The second-order valence-electron chi connectivity index (χ2n) is 3.24. The van der Waals surface area contributed by atoms with Gasteiger partial charge in [-0.3, -0.25) is 14.9 Å². The van der Waals surface area contributed by atoms with Gasteiger partial charge in [0.2, 0.25) is 0 Å². The summed E-state index contributed by atoms with van der Waals surface area (Å²) in [6, 6.07) is 5.40.